The van der Waals surface area contributed by atoms with Crippen molar-refractivity contribution in [3.63, 3.8) is 0 Å². The molecule has 1 aliphatic heterocycles. The van der Waals surface area contributed by atoms with Gasteiger partial charge >= 0.3 is 12.1 Å². The van der Waals surface area contributed by atoms with E-state index in [9.17, 15) is 21.6 Å². The summed E-state index contributed by atoms with van der Waals surface area (Å²) in [7, 11) is -1.21. The molecule has 12 heteroatoms. The first-order valence-corrected chi connectivity index (χ1v) is 10.8. The molecule has 1 aromatic heterocycles. The van der Waals surface area contributed by atoms with Crippen molar-refractivity contribution in [2.45, 2.75) is 31.7 Å². The molecule has 2 heterocycles. The third kappa shape index (κ3) is 7.11. The lowest BCUT2D eigenvalue weighted by molar-refractivity contribution is -0.192. The zero-order valence-electron chi connectivity index (χ0n) is 16.4. The van der Waals surface area contributed by atoms with Crippen LogP contribution in [0.3, 0.4) is 0 Å². The number of nitrogens with zero attached hydrogens (tertiary/aromatic N) is 3. The minimum absolute atomic E-state index is 0.118. The molecule has 2 aromatic rings. The Bertz CT molecular complexity index is 962. The second-order valence-electron chi connectivity index (χ2n) is 6.92. The number of fused-ring (bicyclic) bond motifs is 1. The van der Waals surface area contributed by atoms with E-state index in [1.54, 1.807) is 0 Å². The zero-order chi connectivity index (χ0) is 22.5. The fourth-order valence-electron chi connectivity index (χ4n) is 3.02. The van der Waals surface area contributed by atoms with Gasteiger partial charge in [-0.25, -0.2) is 22.9 Å². The Kier molecular flexibility index (Phi) is 7.61. The predicted molar refractivity (Wildman–Crippen MR) is 103 cm³/mol. The number of benzene rings is 1. The summed E-state index contributed by atoms with van der Waals surface area (Å²) in [5.41, 5.74) is 3.49. The fraction of sp³-hybridized carbons (Fsp3) is 0.444. The molecule has 1 aromatic carbocycles. The van der Waals surface area contributed by atoms with Crippen LogP contribution in [0.25, 0.3) is 0 Å². The third-order valence-electron chi connectivity index (χ3n) is 4.50. The van der Waals surface area contributed by atoms with E-state index in [1.165, 1.54) is 17.5 Å². The van der Waals surface area contributed by atoms with Crippen LogP contribution in [0, 0.1) is 0 Å². The number of nitrogens with one attached hydrogen (secondary N) is 1. The number of carbonyl (C=O) groups is 1. The summed E-state index contributed by atoms with van der Waals surface area (Å²) in [6.45, 7) is 1.93. The van der Waals surface area contributed by atoms with E-state index >= 15 is 0 Å². The zero-order valence-corrected chi connectivity index (χ0v) is 17.2. The Balaban J connectivity index is 0.000000396. The number of hydrogen-bond acceptors (Lipinski definition) is 5. The summed E-state index contributed by atoms with van der Waals surface area (Å²) in [6, 6.07) is 10.3. The highest BCUT2D eigenvalue weighted by molar-refractivity contribution is 7.88. The van der Waals surface area contributed by atoms with Gasteiger partial charge in [-0.2, -0.15) is 13.2 Å². The third-order valence-corrected chi connectivity index (χ3v) is 5.19. The van der Waals surface area contributed by atoms with Gasteiger partial charge < -0.3 is 9.67 Å². The number of carboxylic acids is 1. The number of sulfonamides is 1. The molecule has 0 bridgehead atoms. The van der Waals surface area contributed by atoms with E-state index in [0.717, 1.165) is 25.2 Å². The number of hydrogen-bond donors (Lipinski definition) is 2. The second-order valence-corrected chi connectivity index (χ2v) is 8.75. The van der Waals surface area contributed by atoms with Crippen LogP contribution < -0.4 is 4.72 Å². The summed E-state index contributed by atoms with van der Waals surface area (Å²) < 4.78 is 59.3. The van der Waals surface area contributed by atoms with Gasteiger partial charge in [0.1, 0.15) is 0 Å². The number of carboxylic acid groups (broad SMARTS) is 1. The topological polar surface area (TPSA) is 105 Å². The molecule has 0 radical (unpaired) electrons. The molecular weight excluding hydrogens is 425 g/mol. The van der Waals surface area contributed by atoms with Crippen LogP contribution in [0.15, 0.2) is 36.7 Å². The molecule has 2 N–H and O–H groups in total. The standard InChI is InChI=1S/C16H22N4O2S.C2HF3O2/c1-19-12-17-15-11-20(10-13-6-4-3-5-7-13)14(8-16(15)19)9-18-23(2,21)22;3-2(4,5)1(6)7/h3-7,12,14,18H,8-11H2,1-2H3;(H,6,7). The molecule has 0 fully saturated rings. The molecule has 166 valence electrons. The first kappa shape index (κ1) is 23.8. The molecule has 1 aliphatic rings. The maximum atomic E-state index is 11.5. The van der Waals surface area contributed by atoms with E-state index in [4.69, 9.17) is 9.90 Å². The maximum Gasteiger partial charge on any atom is 0.490 e. The van der Waals surface area contributed by atoms with Crippen molar-refractivity contribution < 1.29 is 31.5 Å². The molecule has 1 unspecified atom stereocenters. The lowest BCUT2D eigenvalue weighted by atomic mass is 10.0. The van der Waals surface area contributed by atoms with Gasteiger partial charge in [0.25, 0.3) is 0 Å². The fourth-order valence-corrected chi connectivity index (χ4v) is 3.52. The lowest BCUT2D eigenvalue weighted by Crippen LogP contribution is -2.47. The Morgan fingerprint density at radius 2 is 1.90 bits per heavy atom. The Morgan fingerprint density at radius 1 is 1.30 bits per heavy atom. The molecule has 0 saturated carbocycles. The number of alkyl halides is 3. The van der Waals surface area contributed by atoms with Crippen molar-refractivity contribution in [3.05, 3.63) is 53.6 Å². The number of rotatable bonds is 5. The van der Waals surface area contributed by atoms with Gasteiger partial charge in [0.15, 0.2) is 0 Å². The molecule has 1 atom stereocenters. The summed E-state index contributed by atoms with van der Waals surface area (Å²) >= 11 is 0. The van der Waals surface area contributed by atoms with Crippen LogP contribution >= 0.6 is 0 Å². The molecule has 0 spiro atoms. The van der Waals surface area contributed by atoms with Gasteiger partial charge in [-0.15, -0.1) is 0 Å². The summed E-state index contributed by atoms with van der Waals surface area (Å²) in [6.07, 6.45) is -1.26. The summed E-state index contributed by atoms with van der Waals surface area (Å²) in [5, 5.41) is 7.12. The maximum absolute atomic E-state index is 11.5. The molecule has 0 saturated heterocycles. The van der Waals surface area contributed by atoms with Crippen molar-refractivity contribution in [3.8, 4) is 0 Å². The Hall–Kier alpha value is -2.44. The van der Waals surface area contributed by atoms with Gasteiger partial charge in [-0.3, -0.25) is 4.90 Å². The van der Waals surface area contributed by atoms with E-state index in [0.29, 0.717) is 6.54 Å². The van der Waals surface area contributed by atoms with Gasteiger partial charge in [-0.05, 0) is 5.56 Å². The SMILES string of the molecule is Cn1cnc2c1CC(CNS(C)(=O)=O)N(Cc1ccccc1)C2.O=C(O)C(F)(F)F. The minimum Gasteiger partial charge on any atom is -0.475 e. The molecule has 3 rings (SSSR count). The smallest absolute Gasteiger partial charge is 0.475 e. The van der Waals surface area contributed by atoms with Crippen molar-refractivity contribution in [1.82, 2.24) is 19.2 Å². The highest BCUT2D eigenvalue weighted by Crippen LogP contribution is 2.23. The van der Waals surface area contributed by atoms with E-state index in [-0.39, 0.29) is 6.04 Å². The largest absolute Gasteiger partial charge is 0.490 e. The van der Waals surface area contributed by atoms with Crippen LogP contribution in [-0.2, 0) is 41.4 Å². The average molecular weight is 448 g/mol. The average Bonchev–Trinajstić information content (AvgIpc) is 3.00. The molecule has 0 amide bonds. The molecule has 8 nitrogen and oxygen atoms in total. The van der Waals surface area contributed by atoms with Gasteiger partial charge in [0.2, 0.25) is 10.0 Å². The van der Waals surface area contributed by atoms with Crippen LogP contribution in [0.5, 0.6) is 0 Å². The van der Waals surface area contributed by atoms with E-state index < -0.39 is 22.2 Å². The Morgan fingerprint density at radius 3 is 2.43 bits per heavy atom. The number of aliphatic carboxylic acids is 1. The van der Waals surface area contributed by atoms with Gasteiger partial charge in [-0.1, -0.05) is 30.3 Å². The first-order valence-electron chi connectivity index (χ1n) is 8.88. The first-order chi connectivity index (χ1) is 13.9. The number of halogens is 3. The van der Waals surface area contributed by atoms with Gasteiger partial charge in [0.05, 0.1) is 18.3 Å². The summed E-state index contributed by atoms with van der Waals surface area (Å²) in [4.78, 5) is 15.7. The van der Waals surface area contributed by atoms with Crippen LogP contribution in [0.1, 0.15) is 17.0 Å². The van der Waals surface area contributed by atoms with E-state index in [2.05, 4.69) is 26.7 Å². The van der Waals surface area contributed by atoms with Crippen molar-refractivity contribution in [2.75, 3.05) is 12.8 Å². The highest BCUT2D eigenvalue weighted by atomic mass is 32.2. The summed E-state index contributed by atoms with van der Waals surface area (Å²) in [5.74, 6) is -2.76. The van der Waals surface area contributed by atoms with E-state index in [1.807, 2.05) is 36.1 Å². The normalized spacial score (nSPS) is 17.0. The van der Waals surface area contributed by atoms with Crippen LogP contribution in [0.2, 0.25) is 0 Å². The lowest BCUT2D eigenvalue weighted by Gasteiger charge is -2.35. The molecule has 30 heavy (non-hydrogen) atoms. The predicted octanol–water partition coefficient (Wildman–Crippen LogP) is 1.53. The second kappa shape index (κ2) is 9.58. The Labute approximate surface area is 172 Å². The van der Waals surface area contributed by atoms with Crippen molar-refractivity contribution >= 4 is 16.0 Å². The number of aromatic nitrogens is 2. The van der Waals surface area contributed by atoms with Crippen LogP contribution in [-0.4, -0.2) is 59.0 Å². The molecular formula is C18H23F3N4O4S. The monoisotopic (exact) mass is 448 g/mol. The minimum atomic E-state index is -5.08. The molecule has 0 aliphatic carbocycles. The van der Waals surface area contributed by atoms with Gasteiger partial charge in [0, 0.05) is 44.8 Å². The number of aryl methyl sites for hydroxylation is 1. The highest BCUT2D eigenvalue weighted by Gasteiger charge is 2.38. The van der Waals surface area contributed by atoms with Crippen molar-refractivity contribution in [2.24, 2.45) is 7.05 Å². The van der Waals surface area contributed by atoms with Crippen LogP contribution in [0.4, 0.5) is 13.2 Å². The van der Waals surface area contributed by atoms with Crippen molar-refractivity contribution in [1.29, 1.82) is 0 Å². The quantitative estimate of drug-likeness (QED) is 0.719. The number of imidazole rings is 1.